The average molecular weight is 368 g/mol. The Hall–Kier alpha value is -3.81. The number of phenols is 2. The highest BCUT2D eigenvalue weighted by Gasteiger charge is 2.32. The molecule has 8 heteroatoms. The van der Waals surface area contributed by atoms with Crippen molar-refractivity contribution in [3.63, 3.8) is 0 Å². The maximum Gasteiger partial charge on any atom is 0.357 e. The average Bonchev–Trinajstić information content (AvgIpc) is 3.07. The molecule has 0 amide bonds. The van der Waals surface area contributed by atoms with Crippen molar-refractivity contribution in [2.24, 2.45) is 0 Å². The number of nitrogens with zero attached hydrogens (tertiary/aromatic N) is 2. The molecular weight excluding hydrogens is 352 g/mol. The van der Waals surface area contributed by atoms with E-state index in [-0.39, 0.29) is 34.0 Å². The molecule has 0 radical (unpaired) electrons. The quantitative estimate of drug-likeness (QED) is 0.681. The van der Waals surface area contributed by atoms with Crippen LogP contribution in [0.5, 0.6) is 11.5 Å². The lowest BCUT2D eigenvalue weighted by molar-refractivity contribution is 0.0549. The third-order valence-electron chi connectivity index (χ3n) is 3.89. The standard InChI is InChI=1S/C19H16N2O6/c1-26-18(24)15-16(13-9-8-12(22)10-14(13)23)20-21(17(15)19(25)27-2)11-6-4-3-5-7-11/h3-10,22-23H,1-2H3. The second kappa shape index (κ2) is 7.20. The van der Waals surface area contributed by atoms with E-state index in [1.807, 2.05) is 0 Å². The Morgan fingerprint density at radius 3 is 2.22 bits per heavy atom. The van der Waals surface area contributed by atoms with Crippen LogP contribution >= 0.6 is 0 Å². The SMILES string of the molecule is COC(=O)c1c(-c2ccc(O)cc2O)nn(-c2ccccc2)c1C(=O)OC. The summed E-state index contributed by atoms with van der Waals surface area (Å²) >= 11 is 0. The number of aromatic hydroxyl groups is 2. The maximum atomic E-state index is 12.5. The van der Waals surface area contributed by atoms with E-state index in [0.717, 1.165) is 6.07 Å². The van der Waals surface area contributed by atoms with E-state index in [1.165, 1.54) is 31.0 Å². The summed E-state index contributed by atoms with van der Waals surface area (Å²) in [5.41, 5.74) is 0.372. The van der Waals surface area contributed by atoms with Gasteiger partial charge >= 0.3 is 11.9 Å². The van der Waals surface area contributed by atoms with Gasteiger partial charge in [0.25, 0.3) is 0 Å². The van der Waals surface area contributed by atoms with E-state index >= 15 is 0 Å². The van der Waals surface area contributed by atoms with E-state index < -0.39 is 11.9 Å². The molecule has 0 bridgehead atoms. The van der Waals surface area contributed by atoms with E-state index in [9.17, 15) is 19.8 Å². The Kier molecular flexibility index (Phi) is 4.80. The molecule has 1 heterocycles. The molecule has 2 N–H and O–H groups in total. The van der Waals surface area contributed by atoms with Crippen molar-refractivity contribution >= 4 is 11.9 Å². The number of hydrogen-bond acceptors (Lipinski definition) is 7. The first kappa shape index (κ1) is 18.0. The first-order valence-corrected chi connectivity index (χ1v) is 7.85. The predicted molar refractivity (Wildman–Crippen MR) is 95.0 cm³/mol. The highest BCUT2D eigenvalue weighted by atomic mass is 16.5. The first-order chi connectivity index (χ1) is 13.0. The molecule has 2 aromatic carbocycles. The van der Waals surface area contributed by atoms with Crippen molar-refractivity contribution < 1.29 is 29.3 Å². The lowest BCUT2D eigenvalue weighted by Gasteiger charge is -2.07. The summed E-state index contributed by atoms with van der Waals surface area (Å²) in [5, 5.41) is 24.1. The minimum absolute atomic E-state index is 0.0172. The molecule has 0 saturated carbocycles. The maximum absolute atomic E-state index is 12.5. The van der Waals surface area contributed by atoms with Gasteiger partial charge in [-0.25, -0.2) is 14.3 Å². The number of hydrogen-bond donors (Lipinski definition) is 2. The molecule has 27 heavy (non-hydrogen) atoms. The summed E-state index contributed by atoms with van der Waals surface area (Å²) in [6.07, 6.45) is 0. The first-order valence-electron chi connectivity index (χ1n) is 7.85. The monoisotopic (exact) mass is 368 g/mol. The predicted octanol–water partition coefficient (Wildman–Crippen LogP) is 2.52. The number of benzene rings is 2. The molecule has 0 atom stereocenters. The van der Waals surface area contributed by atoms with Gasteiger partial charge in [-0.05, 0) is 24.3 Å². The summed E-state index contributed by atoms with van der Waals surface area (Å²) < 4.78 is 10.9. The zero-order valence-electron chi connectivity index (χ0n) is 14.5. The molecule has 0 unspecified atom stereocenters. The summed E-state index contributed by atoms with van der Waals surface area (Å²) in [6.45, 7) is 0. The number of methoxy groups -OCH3 is 2. The number of ether oxygens (including phenoxy) is 2. The fraction of sp³-hybridized carbons (Fsp3) is 0.105. The van der Waals surface area contributed by atoms with Crippen molar-refractivity contribution in [3.8, 4) is 28.4 Å². The van der Waals surface area contributed by atoms with Gasteiger partial charge in [0.1, 0.15) is 22.8 Å². The Balaban J connectivity index is 2.38. The molecule has 0 spiro atoms. The van der Waals surface area contributed by atoms with E-state index in [1.54, 1.807) is 30.3 Å². The number of aromatic nitrogens is 2. The van der Waals surface area contributed by atoms with Gasteiger partial charge in [-0.1, -0.05) is 18.2 Å². The Morgan fingerprint density at radius 2 is 1.63 bits per heavy atom. The molecule has 0 aliphatic heterocycles. The summed E-state index contributed by atoms with van der Waals surface area (Å²) in [5.74, 6) is -2.09. The van der Waals surface area contributed by atoms with Crippen molar-refractivity contribution in [1.29, 1.82) is 0 Å². The van der Waals surface area contributed by atoms with Crippen molar-refractivity contribution in [1.82, 2.24) is 9.78 Å². The molecule has 3 aromatic rings. The van der Waals surface area contributed by atoms with Crippen molar-refractivity contribution in [2.45, 2.75) is 0 Å². The van der Waals surface area contributed by atoms with Gasteiger partial charge < -0.3 is 19.7 Å². The molecule has 8 nitrogen and oxygen atoms in total. The van der Waals surface area contributed by atoms with E-state index in [0.29, 0.717) is 5.69 Å². The summed E-state index contributed by atoms with van der Waals surface area (Å²) in [6, 6.07) is 12.5. The number of carbonyl (C=O) groups is 2. The van der Waals surface area contributed by atoms with Gasteiger partial charge in [-0.3, -0.25) is 0 Å². The lowest BCUT2D eigenvalue weighted by atomic mass is 10.0. The van der Waals surface area contributed by atoms with Crippen LogP contribution in [0.15, 0.2) is 48.5 Å². The number of rotatable bonds is 4. The third kappa shape index (κ3) is 3.20. The molecule has 1 aromatic heterocycles. The van der Waals surface area contributed by atoms with Crippen LogP contribution in [0.4, 0.5) is 0 Å². The van der Waals surface area contributed by atoms with Gasteiger partial charge in [-0.2, -0.15) is 5.10 Å². The number of carbonyl (C=O) groups excluding carboxylic acids is 2. The van der Waals surface area contributed by atoms with Crippen LogP contribution in [0, 0.1) is 0 Å². The Morgan fingerprint density at radius 1 is 0.963 bits per heavy atom. The van der Waals surface area contributed by atoms with Crippen LogP contribution in [0.1, 0.15) is 20.8 Å². The zero-order chi connectivity index (χ0) is 19.6. The molecular formula is C19H16N2O6. The van der Waals surface area contributed by atoms with Crippen LogP contribution in [-0.4, -0.2) is 46.2 Å². The highest BCUT2D eigenvalue weighted by molar-refractivity contribution is 6.07. The third-order valence-corrected chi connectivity index (χ3v) is 3.89. The van der Waals surface area contributed by atoms with Gasteiger partial charge in [0.15, 0.2) is 5.69 Å². The highest BCUT2D eigenvalue weighted by Crippen LogP contribution is 2.36. The molecule has 0 saturated heterocycles. The Bertz CT molecular complexity index is 1010. The smallest absolute Gasteiger partial charge is 0.357 e. The second-order valence-electron chi connectivity index (χ2n) is 5.50. The normalized spacial score (nSPS) is 10.4. The van der Waals surface area contributed by atoms with Gasteiger partial charge in [0.2, 0.25) is 0 Å². The van der Waals surface area contributed by atoms with Crippen molar-refractivity contribution in [2.75, 3.05) is 14.2 Å². The lowest BCUT2D eigenvalue weighted by Crippen LogP contribution is -2.15. The summed E-state index contributed by atoms with van der Waals surface area (Å²) in [7, 11) is 2.35. The van der Waals surface area contributed by atoms with Crippen LogP contribution in [0.3, 0.4) is 0 Å². The topological polar surface area (TPSA) is 111 Å². The van der Waals surface area contributed by atoms with Crippen molar-refractivity contribution in [3.05, 3.63) is 59.8 Å². The fourth-order valence-corrected chi connectivity index (χ4v) is 2.66. The van der Waals surface area contributed by atoms with Crippen LogP contribution < -0.4 is 0 Å². The Labute approximate surface area is 154 Å². The van der Waals surface area contributed by atoms with Crippen LogP contribution in [0.25, 0.3) is 16.9 Å². The number of para-hydroxylation sites is 1. The fourth-order valence-electron chi connectivity index (χ4n) is 2.66. The minimum Gasteiger partial charge on any atom is -0.508 e. The van der Waals surface area contributed by atoms with E-state index in [2.05, 4.69) is 5.10 Å². The molecule has 0 fully saturated rings. The van der Waals surface area contributed by atoms with Crippen LogP contribution in [-0.2, 0) is 9.47 Å². The number of esters is 2. The molecule has 3 rings (SSSR count). The summed E-state index contributed by atoms with van der Waals surface area (Å²) in [4.78, 5) is 24.9. The van der Waals surface area contributed by atoms with Crippen LogP contribution in [0.2, 0.25) is 0 Å². The van der Waals surface area contributed by atoms with Gasteiger partial charge in [0.05, 0.1) is 19.9 Å². The molecule has 138 valence electrons. The molecule has 0 aliphatic carbocycles. The second-order valence-corrected chi connectivity index (χ2v) is 5.50. The van der Waals surface area contributed by atoms with E-state index in [4.69, 9.17) is 9.47 Å². The zero-order valence-corrected chi connectivity index (χ0v) is 14.5. The molecule has 0 aliphatic rings. The minimum atomic E-state index is -0.819. The van der Waals surface area contributed by atoms with Gasteiger partial charge in [-0.15, -0.1) is 0 Å². The number of phenolic OH excluding ortho intramolecular Hbond substituents is 2. The largest absolute Gasteiger partial charge is 0.508 e. The van der Waals surface area contributed by atoms with Gasteiger partial charge in [0, 0.05) is 11.6 Å².